The van der Waals surface area contributed by atoms with Crippen LogP contribution in [0, 0.1) is 5.92 Å². The molecule has 1 fully saturated rings. The highest BCUT2D eigenvalue weighted by Gasteiger charge is 2.22. The summed E-state index contributed by atoms with van der Waals surface area (Å²) in [5.74, 6) is 0.822. The largest absolute Gasteiger partial charge is 0.353 e. The first-order valence-electron chi connectivity index (χ1n) is 6.92. The molecule has 1 saturated carbocycles. The highest BCUT2D eigenvalue weighted by molar-refractivity contribution is 5.78. The van der Waals surface area contributed by atoms with E-state index in [0.29, 0.717) is 12.5 Å². The fraction of sp³-hybridized carbons (Fsp3) is 0.467. The molecule has 19 heavy (non-hydrogen) atoms. The lowest BCUT2D eigenvalue weighted by Gasteiger charge is -2.11. The summed E-state index contributed by atoms with van der Waals surface area (Å²) in [6.45, 7) is 2.24. The van der Waals surface area contributed by atoms with Crippen molar-refractivity contribution in [2.45, 2.75) is 38.6 Å². The van der Waals surface area contributed by atoms with Crippen LogP contribution in [0.15, 0.2) is 30.6 Å². The predicted octanol–water partition coefficient (Wildman–Crippen LogP) is 2.18. The van der Waals surface area contributed by atoms with Gasteiger partial charge in [-0.1, -0.05) is 13.0 Å². The third kappa shape index (κ3) is 2.78. The van der Waals surface area contributed by atoms with Crippen LogP contribution in [-0.4, -0.2) is 21.3 Å². The van der Waals surface area contributed by atoms with Crippen molar-refractivity contribution >= 4 is 11.6 Å². The summed E-state index contributed by atoms with van der Waals surface area (Å²) in [7, 11) is 0. The van der Waals surface area contributed by atoms with Gasteiger partial charge < -0.3 is 9.72 Å². The molecular weight excluding hydrogens is 238 g/mol. The zero-order chi connectivity index (χ0) is 13.2. The van der Waals surface area contributed by atoms with Gasteiger partial charge in [-0.25, -0.2) is 4.98 Å². The average molecular weight is 257 g/mol. The molecule has 0 saturated heterocycles. The lowest BCUT2D eigenvalue weighted by molar-refractivity contribution is -0.121. The molecule has 2 heterocycles. The van der Waals surface area contributed by atoms with E-state index in [1.165, 1.54) is 6.42 Å². The molecule has 0 bridgehead atoms. The van der Waals surface area contributed by atoms with E-state index in [0.717, 1.165) is 30.1 Å². The Labute approximate surface area is 112 Å². The van der Waals surface area contributed by atoms with Gasteiger partial charge in [0.15, 0.2) is 0 Å². The van der Waals surface area contributed by atoms with Crippen LogP contribution in [0.1, 0.15) is 31.9 Å². The highest BCUT2D eigenvalue weighted by Crippen LogP contribution is 2.24. The van der Waals surface area contributed by atoms with Crippen LogP contribution in [0.2, 0.25) is 0 Å². The zero-order valence-electron chi connectivity index (χ0n) is 11.2. The molecule has 4 heteroatoms. The molecule has 0 spiro atoms. The summed E-state index contributed by atoms with van der Waals surface area (Å²) in [6.07, 6.45) is 7.68. The van der Waals surface area contributed by atoms with E-state index < -0.39 is 0 Å². The lowest BCUT2D eigenvalue weighted by Crippen LogP contribution is -2.34. The SMILES string of the molecule is CC1CCC(NC(=O)Cc2cn3ccccc3n2)C1. The van der Waals surface area contributed by atoms with E-state index in [9.17, 15) is 4.79 Å². The maximum Gasteiger partial charge on any atom is 0.226 e. The molecule has 4 nitrogen and oxygen atoms in total. The lowest BCUT2D eigenvalue weighted by atomic mass is 10.1. The van der Waals surface area contributed by atoms with Crippen molar-refractivity contribution in [2.24, 2.45) is 5.92 Å². The maximum absolute atomic E-state index is 12.0. The number of pyridine rings is 1. The summed E-state index contributed by atoms with van der Waals surface area (Å²) in [5, 5.41) is 3.11. The first kappa shape index (κ1) is 12.2. The summed E-state index contributed by atoms with van der Waals surface area (Å²) in [6, 6.07) is 6.21. The van der Waals surface area contributed by atoms with E-state index in [4.69, 9.17) is 0 Å². The molecular formula is C15H19N3O. The summed E-state index contributed by atoms with van der Waals surface area (Å²) < 4.78 is 1.94. The normalized spacial score (nSPS) is 22.8. The topological polar surface area (TPSA) is 46.4 Å². The quantitative estimate of drug-likeness (QED) is 0.916. The minimum absolute atomic E-state index is 0.0857. The number of rotatable bonds is 3. The maximum atomic E-state index is 12.0. The van der Waals surface area contributed by atoms with E-state index >= 15 is 0 Å². The molecule has 2 aromatic heterocycles. The van der Waals surface area contributed by atoms with Gasteiger partial charge in [0, 0.05) is 18.4 Å². The Hall–Kier alpha value is -1.84. The van der Waals surface area contributed by atoms with Crippen LogP contribution < -0.4 is 5.32 Å². The molecule has 2 atom stereocenters. The van der Waals surface area contributed by atoms with Gasteiger partial charge in [0.25, 0.3) is 0 Å². The Morgan fingerprint density at radius 1 is 1.47 bits per heavy atom. The number of fused-ring (bicyclic) bond motifs is 1. The smallest absolute Gasteiger partial charge is 0.226 e. The summed E-state index contributed by atoms with van der Waals surface area (Å²) in [5.41, 5.74) is 1.72. The number of hydrogen-bond acceptors (Lipinski definition) is 2. The molecule has 1 N–H and O–H groups in total. The van der Waals surface area contributed by atoms with Gasteiger partial charge in [0.2, 0.25) is 5.91 Å². The van der Waals surface area contributed by atoms with E-state index in [1.54, 1.807) is 0 Å². The average Bonchev–Trinajstić information content (AvgIpc) is 2.94. The van der Waals surface area contributed by atoms with Crippen LogP contribution in [0.5, 0.6) is 0 Å². The molecule has 1 aliphatic rings. The Kier molecular flexibility index (Phi) is 3.23. The van der Waals surface area contributed by atoms with Crippen molar-refractivity contribution < 1.29 is 4.79 Å². The van der Waals surface area contributed by atoms with Crippen LogP contribution in [0.4, 0.5) is 0 Å². The summed E-state index contributed by atoms with van der Waals surface area (Å²) in [4.78, 5) is 16.4. The first-order valence-corrected chi connectivity index (χ1v) is 6.92. The van der Waals surface area contributed by atoms with E-state index in [1.807, 2.05) is 35.0 Å². The van der Waals surface area contributed by atoms with Crippen molar-refractivity contribution in [2.75, 3.05) is 0 Å². The van der Waals surface area contributed by atoms with E-state index in [-0.39, 0.29) is 5.91 Å². The summed E-state index contributed by atoms with van der Waals surface area (Å²) >= 11 is 0. The Balaban J connectivity index is 1.62. The van der Waals surface area contributed by atoms with Crippen molar-refractivity contribution in [3.8, 4) is 0 Å². The second kappa shape index (κ2) is 5.03. The number of hydrogen-bond donors (Lipinski definition) is 1. The fourth-order valence-corrected chi connectivity index (χ4v) is 2.85. The molecule has 1 amide bonds. The van der Waals surface area contributed by atoms with Gasteiger partial charge in [-0.05, 0) is 37.3 Å². The number of aromatic nitrogens is 2. The minimum atomic E-state index is 0.0857. The number of carbonyl (C=O) groups is 1. The third-order valence-electron chi connectivity index (χ3n) is 3.82. The molecule has 3 rings (SSSR count). The molecule has 2 aromatic rings. The Morgan fingerprint density at radius 2 is 2.37 bits per heavy atom. The Morgan fingerprint density at radius 3 is 3.11 bits per heavy atom. The second-order valence-electron chi connectivity index (χ2n) is 5.56. The number of nitrogens with one attached hydrogen (secondary N) is 1. The molecule has 0 radical (unpaired) electrons. The highest BCUT2D eigenvalue weighted by atomic mass is 16.1. The number of imidazole rings is 1. The number of carbonyl (C=O) groups excluding carboxylic acids is 1. The van der Waals surface area contributed by atoms with Crippen LogP contribution >= 0.6 is 0 Å². The van der Waals surface area contributed by atoms with E-state index in [2.05, 4.69) is 17.2 Å². The second-order valence-corrected chi connectivity index (χ2v) is 5.56. The third-order valence-corrected chi connectivity index (χ3v) is 3.82. The van der Waals surface area contributed by atoms with Crippen molar-refractivity contribution in [1.82, 2.24) is 14.7 Å². The predicted molar refractivity (Wildman–Crippen MR) is 73.8 cm³/mol. The van der Waals surface area contributed by atoms with Gasteiger partial charge in [0.1, 0.15) is 5.65 Å². The molecule has 0 aromatic carbocycles. The van der Waals surface area contributed by atoms with Gasteiger partial charge in [0.05, 0.1) is 12.1 Å². The van der Waals surface area contributed by atoms with Gasteiger partial charge in [-0.2, -0.15) is 0 Å². The number of nitrogens with zero attached hydrogens (tertiary/aromatic N) is 2. The zero-order valence-corrected chi connectivity index (χ0v) is 11.2. The minimum Gasteiger partial charge on any atom is -0.353 e. The van der Waals surface area contributed by atoms with Crippen molar-refractivity contribution in [1.29, 1.82) is 0 Å². The fourth-order valence-electron chi connectivity index (χ4n) is 2.85. The van der Waals surface area contributed by atoms with Gasteiger partial charge in [-0.15, -0.1) is 0 Å². The van der Waals surface area contributed by atoms with Gasteiger partial charge in [-0.3, -0.25) is 4.79 Å². The van der Waals surface area contributed by atoms with Crippen LogP contribution in [-0.2, 0) is 11.2 Å². The first-order chi connectivity index (χ1) is 9.20. The van der Waals surface area contributed by atoms with Gasteiger partial charge >= 0.3 is 0 Å². The molecule has 2 unspecified atom stereocenters. The Bertz CT molecular complexity index is 557. The molecule has 1 aliphatic carbocycles. The van der Waals surface area contributed by atoms with Crippen LogP contribution in [0.3, 0.4) is 0 Å². The standard InChI is InChI=1S/C15H19N3O/c1-11-5-6-12(8-11)17-15(19)9-13-10-18-7-3-2-4-14(18)16-13/h2-4,7,10-12H,5-6,8-9H2,1H3,(H,17,19). The monoisotopic (exact) mass is 257 g/mol. The molecule has 0 aliphatic heterocycles. The van der Waals surface area contributed by atoms with Crippen LogP contribution in [0.25, 0.3) is 5.65 Å². The number of amides is 1. The van der Waals surface area contributed by atoms with Crippen molar-refractivity contribution in [3.05, 3.63) is 36.3 Å². The van der Waals surface area contributed by atoms with Crippen molar-refractivity contribution in [3.63, 3.8) is 0 Å². The molecule has 100 valence electrons.